The highest BCUT2D eigenvalue weighted by Crippen LogP contribution is 2.29. The topological polar surface area (TPSA) is 70.2 Å². The zero-order valence-corrected chi connectivity index (χ0v) is 15.3. The normalized spacial score (nSPS) is 14.3. The van der Waals surface area contributed by atoms with E-state index in [2.05, 4.69) is 15.9 Å². The Kier molecular flexibility index (Phi) is 6.19. The molecule has 1 saturated heterocycles. The van der Waals surface area contributed by atoms with Crippen LogP contribution in [0.5, 0.6) is 5.75 Å². The maximum Gasteiger partial charge on any atom is 0.328 e. The van der Waals surface area contributed by atoms with Crippen molar-refractivity contribution >= 4 is 39.5 Å². The van der Waals surface area contributed by atoms with E-state index in [1.165, 1.54) is 9.80 Å². The molecule has 8 heteroatoms. The molecule has 0 saturated carbocycles. The number of nitrogens with zero attached hydrogens (tertiary/aromatic N) is 3. The van der Waals surface area contributed by atoms with E-state index >= 15 is 0 Å². The lowest BCUT2D eigenvalue weighted by Gasteiger charge is -2.27. The molecule has 0 unspecified atom stereocenters. The van der Waals surface area contributed by atoms with Crippen LogP contribution in [0.1, 0.15) is 13.3 Å². The smallest absolute Gasteiger partial charge is 0.328 e. The van der Waals surface area contributed by atoms with E-state index in [0.717, 1.165) is 11.3 Å². The lowest BCUT2D eigenvalue weighted by atomic mass is 10.2. The van der Waals surface area contributed by atoms with Crippen LogP contribution in [-0.2, 0) is 9.59 Å². The molecule has 1 fully saturated rings. The minimum atomic E-state index is -0.417. The van der Waals surface area contributed by atoms with E-state index in [-0.39, 0.29) is 30.4 Å². The molecule has 0 bridgehead atoms. The summed E-state index contributed by atoms with van der Waals surface area (Å²) in [6.45, 7) is 2.38. The first-order chi connectivity index (χ1) is 11.5. The lowest BCUT2D eigenvalue weighted by molar-refractivity contribution is -0.125. The summed E-state index contributed by atoms with van der Waals surface area (Å²) in [6.07, 6.45) is 0.828. The summed E-state index contributed by atoms with van der Waals surface area (Å²) in [6, 6.07) is 6.67. The van der Waals surface area contributed by atoms with E-state index in [1.807, 2.05) is 13.0 Å². The zero-order valence-electron chi connectivity index (χ0n) is 13.7. The molecule has 2 rings (SSSR count). The van der Waals surface area contributed by atoms with Gasteiger partial charge in [0.05, 0.1) is 17.6 Å². The van der Waals surface area contributed by atoms with Crippen LogP contribution in [0, 0.1) is 0 Å². The maximum absolute atomic E-state index is 12.4. The second-order valence-electron chi connectivity index (χ2n) is 5.37. The number of urea groups is 1. The first kappa shape index (κ1) is 18.3. The van der Waals surface area contributed by atoms with Crippen molar-refractivity contribution in [3.8, 4) is 5.75 Å². The molecular formula is C16H20BrN3O4. The quantitative estimate of drug-likeness (QED) is 0.521. The van der Waals surface area contributed by atoms with Crippen molar-refractivity contribution in [2.75, 3.05) is 37.1 Å². The van der Waals surface area contributed by atoms with Crippen LogP contribution in [0.4, 0.5) is 10.5 Å². The van der Waals surface area contributed by atoms with Gasteiger partial charge in [0.15, 0.2) is 0 Å². The van der Waals surface area contributed by atoms with Crippen LogP contribution in [0.3, 0.4) is 0 Å². The number of rotatable bonds is 7. The number of imide groups is 1. The molecule has 1 aliphatic rings. The molecule has 0 aliphatic carbocycles. The third-order valence-electron chi connectivity index (χ3n) is 3.55. The number of benzene rings is 1. The molecule has 1 heterocycles. The van der Waals surface area contributed by atoms with E-state index in [0.29, 0.717) is 18.0 Å². The van der Waals surface area contributed by atoms with Gasteiger partial charge in [-0.1, -0.05) is 35.0 Å². The highest BCUT2D eigenvalue weighted by Gasteiger charge is 2.36. The van der Waals surface area contributed by atoms with E-state index in [4.69, 9.17) is 4.74 Å². The van der Waals surface area contributed by atoms with Crippen LogP contribution in [0.2, 0.25) is 0 Å². The monoisotopic (exact) mass is 397 g/mol. The van der Waals surface area contributed by atoms with E-state index < -0.39 is 6.03 Å². The molecule has 24 heavy (non-hydrogen) atoms. The molecule has 0 spiro atoms. The van der Waals surface area contributed by atoms with Crippen molar-refractivity contribution in [3.05, 3.63) is 24.3 Å². The maximum atomic E-state index is 12.4. The zero-order chi connectivity index (χ0) is 17.7. The van der Waals surface area contributed by atoms with Crippen molar-refractivity contribution in [1.82, 2.24) is 9.80 Å². The lowest BCUT2D eigenvalue weighted by Crippen LogP contribution is -2.45. The summed E-state index contributed by atoms with van der Waals surface area (Å²) in [7, 11) is 1.55. The number of carbonyl (C=O) groups is 3. The predicted molar refractivity (Wildman–Crippen MR) is 93.2 cm³/mol. The van der Waals surface area contributed by atoms with Crippen LogP contribution in [-0.4, -0.2) is 59.8 Å². The van der Waals surface area contributed by atoms with Crippen molar-refractivity contribution in [1.29, 1.82) is 0 Å². The SMILES string of the molecule is CCCOc1ccccc1N(CN1C(=O)CN(C)C1=O)C(=O)CBr. The number of likely N-dealkylation sites (N-methyl/N-ethyl adjacent to an activating group) is 1. The molecule has 7 nitrogen and oxygen atoms in total. The number of anilines is 1. The Labute approximate surface area is 149 Å². The Morgan fingerprint density at radius 3 is 2.62 bits per heavy atom. The number of carbonyl (C=O) groups excluding carboxylic acids is 3. The van der Waals surface area contributed by atoms with E-state index in [1.54, 1.807) is 25.2 Å². The summed E-state index contributed by atoms with van der Waals surface area (Å²) >= 11 is 3.15. The summed E-state index contributed by atoms with van der Waals surface area (Å²) in [4.78, 5) is 40.3. The number of hydrogen-bond acceptors (Lipinski definition) is 4. The number of para-hydroxylation sites is 2. The molecule has 0 N–H and O–H groups in total. The summed E-state index contributed by atoms with van der Waals surface area (Å²) in [5, 5.41) is 0.0706. The number of amides is 4. The van der Waals surface area contributed by atoms with Crippen molar-refractivity contribution < 1.29 is 19.1 Å². The van der Waals surface area contributed by atoms with Gasteiger partial charge in [-0.2, -0.15) is 0 Å². The Bertz CT molecular complexity index is 638. The highest BCUT2D eigenvalue weighted by atomic mass is 79.9. The number of alkyl halides is 1. The van der Waals surface area contributed by atoms with Gasteiger partial charge in [0.2, 0.25) is 5.91 Å². The number of halogens is 1. The minimum absolute atomic E-state index is 0.0170. The third-order valence-corrected chi connectivity index (χ3v) is 4.03. The number of hydrogen-bond donors (Lipinski definition) is 0. The molecule has 4 amide bonds. The minimum Gasteiger partial charge on any atom is -0.491 e. The van der Waals surface area contributed by atoms with Gasteiger partial charge in [-0.3, -0.25) is 14.5 Å². The van der Waals surface area contributed by atoms with Crippen molar-refractivity contribution in [3.63, 3.8) is 0 Å². The molecule has 0 radical (unpaired) electrons. The second kappa shape index (κ2) is 8.14. The van der Waals surface area contributed by atoms with Crippen LogP contribution < -0.4 is 9.64 Å². The summed E-state index contributed by atoms with van der Waals surface area (Å²) < 4.78 is 5.69. The Balaban J connectivity index is 2.31. The van der Waals surface area contributed by atoms with Crippen molar-refractivity contribution in [2.24, 2.45) is 0 Å². The van der Waals surface area contributed by atoms with Crippen LogP contribution >= 0.6 is 15.9 Å². The van der Waals surface area contributed by atoms with Gasteiger partial charge in [0, 0.05) is 7.05 Å². The molecule has 1 aromatic rings. The molecule has 1 aromatic carbocycles. The second-order valence-corrected chi connectivity index (χ2v) is 5.93. The van der Waals surface area contributed by atoms with Gasteiger partial charge in [-0.15, -0.1) is 0 Å². The fraction of sp³-hybridized carbons (Fsp3) is 0.438. The van der Waals surface area contributed by atoms with Crippen molar-refractivity contribution in [2.45, 2.75) is 13.3 Å². The van der Waals surface area contributed by atoms with Gasteiger partial charge < -0.3 is 9.64 Å². The molecule has 130 valence electrons. The van der Waals surface area contributed by atoms with Crippen LogP contribution in [0.15, 0.2) is 24.3 Å². The average molecular weight is 398 g/mol. The first-order valence-corrected chi connectivity index (χ1v) is 8.75. The van der Waals surface area contributed by atoms with Gasteiger partial charge in [0.1, 0.15) is 19.0 Å². The van der Waals surface area contributed by atoms with E-state index in [9.17, 15) is 14.4 Å². The molecule has 1 aliphatic heterocycles. The standard InChI is InChI=1S/C16H20BrN3O4/c1-3-8-24-13-7-5-4-6-12(13)19(14(21)9-17)11-20-15(22)10-18(2)16(20)23/h4-7H,3,8-11H2,1-2H3. The Morgan fingerprint density at radius 2 is 2.04 bits per heavy atom. The largest absolute Gasteiger partial charge is 0.491 e. The number of ether oxygens (including phenoxy) is 1. The van der Waals surface area contributed by atoms with Gasteiger partial charge in [-0.25, -0.2) is 9.69 Å². The van der Waals surface area contributed by atoms with Crippen LogP contribution in [0.25, 0.3) is 0 Å². The fourth-order valence-electron chi connectivity index (χ4n) is 2.33. The fourth-order valence-corrected chi connectivity index (χ4v) is 2.63. The average Bonchev–Trinajstić information content (AvgIpc) is 2.83. The van der Waals surface area contributed by atoms with Gasteiger partial charge in [0.25, 0.3) is 5.91 Å². The Hall–Kier alpha value is -2.09. The molecular weight excluding hydrogens is 378 g/mol. The third kappa shape index (κ3) is 3.87. The molecule has 0 aromatic heterocycles. The summed E-state index contributed by atoms with van der Waals surface area (Å²) in [5.41, 5.74) is 0.533. The Morgan fingerprint density at radius 1 is 1.33 bits per heavy atom. The molecule has 0 atom stereocenters. The summed E-state index contributed by atoms with van der Waals surface area (Å²) in [5.74, 6) is -0.0550. The van der Waals surface area contributed by atoms with Gasteiger partial charge >= 0.3 is 6.03 Å². The van der Waals surface area contributed by atoms with Gasteiger partial charge in [-0.05, 0) is 18.6 Å². The first-order valence-electron chi connectivity index (χ1n) is 7.63. The predicted octanol–water partition coefficient (Wildman–Crippen LogP) is 2.05. The highest BCUT2D eigenvalue weighted by molar-refractivity contribution is 9.09.